The normalized spacial score (nSPS) is 7.27. The molecule has 0 rings (SSSR count). The molecule has 0 bridgehead atoms. The van der Waals surface area contributed by atoms with E-state index in [0.717, 1.165) is 0 Å². The van der Waals surface area contributed by atoms with Crippen molar-refractivity contribution >= 4 is 301 Å². The SMILES string of the molecule is C[PH-].PP(P)P(P=[S-](=PP(P(P)P)P(P)P)P(P(P)P)P(P(P)P)P(P)P)P(P)P.[CH3-].[CH3-].[K+].[K+].[K+].[K+].[K+].[K+].[K+].[K+].[K+].[K+].[K+].[K+].[K+].[K+].[K+].[K+].[K+].[K+].[K+].[K+].[K+].[K+].[K+].[K+].[K+].[K+].[SH-].[SH-].[SH-].[SH-].[SH-]. The minimum Gasteiger partial charge on any atom is -0.813 e. The van der Waals surface area contributed by atoms with E-state index >= 15 is 0 Å². The average molecular weight is 2160 g/mol. The Hall–Kier alpha value is 56.4. The fourth-order valence-electron chi connectivity index (χ4n) is 1.16. The maximum Gasteiger partial charge on any atom is 1.00 e. The van der Waals surface area contributed by atoms with Gasteiger partial charge in [0.25, 0.3) is 0 Å². The van der Waals surface area contributed by atoms with Crippen LogP contribution in [0.1, 0.15) is 0 Å². The molecule has 0 saturated carbocycles. The van der Waals surface area contributed by atoms with Gasteiger partial charge in [-0.15, -0.1) is 131 Å². The molecule has 15 unspecified atom stereocenters. The van der Waals surface area contributed by atoms with E-state index in [1.807, 2.05) is 14.1 Å². The summed E-state index contributed by atoms with van der Waals surface area (Å²) in [4.78, 5) is 0. The van der Waals surface area contributed by atoms with Crippen LogP contribution in [0.2, 0.25) is 0 Å². The van der Waals surface area contributed by atoms with Gasteiger partial charge in [0.1, 0.15) is 0 Å². The Morgan fingerprint density at radius 2 is 0.397 bits per heavy atom. The van der Waals surface area contributed by atoms with Gasteiger partial charge in [-0.25, -0.2) is 14.1 Å². The molecule has 0 spiro atoms. The summed E-state index contributed by atoms with van der Waals surface area (Å²) in [6.07, 6.45) is 0. The summed E-state index contributed by atoms with van der Waals surface area (Å²) < 4.78 is 0. The minimum absolute atomic E-state index is 0. The largest absolute Gasteiger partial charge is 1.00 e. The summed E-state index contributed by atoms with van der Waals surface area (Å²) in [5, 5.41) is 0. The second-order valence-corrected chi connectivity index (χ2v) is 111. The van der Waals surface area contributed by atoms with Crippen molar-refractivity contribution in [3.63, 3.8) is 0 Å². The molecule has 0 aliphatic heterocycles. The van der Waals surface area contributed by atoms with Gasteiger partial charge in [-0.3, -0.25) is 0 Å². The van der Waals surface area contributed by atoms with Crippen LogP contribution >= 0.6 is 225 Å². The fraction of sp³-hybridized carbons (Fsp3) is 0.333. The predicted molar refractivity (Wildman–Crippen MR) is 304 cm³/mol. The Balaban J connectivity index is -0.00000000668. The summed E-state index contributed by atoms with van der Waals surface area (Å²) in [5.41, 5.74) is 0. The molecule has 63 heavy (non-hydrogen) atoms. The van der Waals surface area contributed by atoms with Gasteiger partial charge in [0.05, 0.1) is 0 Å². The van der Waals surface area contributed by atoms with Crippen molar-refractivity contribution in [2.75, 3.05) is 6.66 Å². The summed E-state index contributed by atoms with van der Waals surface area (Å²) in [5.74, 6) is 0. The van der Waals surface area contributed by atoms with Gasteiger partial charge in [0.2, 0.25) is 0 Å². The third-order valence-electron chi connectivity index (χ3n) is 2.03. The Morgan fingerprint density at radius 1 is 0.270 bits per heavy atom. The van der Waals surface area contributed by atoms with Crippen LogP contribution in [0.3, 0.4) is 0 Å². The van der Waals surface area contributed by atoms with Crippen LogP contribution in [0.25, 0.3) is 0 Å². The zero-order valence-electron chi connectivity index (χ0n) is 46.0. The summed E-state index contributed by atoms with van der Waals surface area (Å²) >= 11 is 0. The number of thiol groups is 5. The second kappa shape index (κ2) is 183. The molecular weight excluding hydrogens is 2110 g/mol. The zero-order valence-corrected chi connectivity index (χ0v) is 161. The molecule has 0 saturated heterocycles. The topological polar surface area (TPSA) is 0 Å². The van der Waals surface area contributed by atoms with E-state index < -0.39 is 0 Å². The number of hydrogen-bond acceptors (Lipinski definition) is 6. The summed E-state index contributed by atoms with van der Waals surface area (Å²) in [6.45, 7) is 1.88. The third kappa shape index (κ3) is 159. The summed E-state index contributed by atoms with van der Waals surface area (Å²) in [6, 6.07) is 0. The van der Waals surface area contributed by atoms with Crippen molar-refractivity contribution in [1.82, 2.24) is 0 Å². The van der Waals surface area contributed by atoms with Crippen molar-refractivity contribution in [3.05, 3.63) is 14.9 Å². The molecule has 0 radical (unpaired) electrons. The molecule has 0 fully saturated rings. The molecule has 0 nitrogen and oxygen atoms in total. The summed E-state index contributed by atoms with van der Waals surface area (Å²) in [7, 11) is 51.8. The van der Waals surface area contributed by atoms with E-state index in [2.05, 4.69) is 134 Å². The molecule has 60 heteroatoms. The Kier molecular flexibility index (Phi) is 683. The van der Waals surface area contributed by atoms with Crippen LogP contribution < -0.4 is 1340 Å². The average Bonchev–Trinajstić information content (AvgIpc) is 2.59. The van der Waals surface area contributed by atoms with Gasteiger partial charge in [0, 0.05) is 0 Å². The van der Waals surface area contributed by atoms with Crippen LogP contribution in [0.15, 0.2) is 0 Å². The first-order chi connectivity index (χ1) is 13.7. The first-order valence-electron chi connectivity index (χ1n) is 6.66. The van der Waals surface area contributed by atoms with Gasteiger partial charge in [-0.1, -0.05) is 6.99 Å². The molecular formula is C3H43K26P28S6+17. The molecule has 0 amide bonds. The first kappa shape index (κ1) is 235. The monoisotopic (exact) mass is 2150 g/mol. The molecule has 0 aliphatic carbocycles. The minimum atomic E-state index is -0.0462. The molecule has 15 atom stereocenters. The van der Waals surface area contributed by atoms with E-state index in [4.69, 9.17) is 0 Å². The molecule has 0 aromatic rings. The second-order valence-electron chi connectivity index (χ2n) is 4.13. The maximum absolute atomic E-state index is 3.27. The predicted octanol–water partition coefficient (Wildman–Crippen LogP) is -61.8. The van der Waals surface area contributed by atoms with E-state index in [1.54, 1.807) is 6.66 Å². The molecule has 0 aromatic heterocycles. The van der Waals surface area contributed by atoms with E-state index in [1.165, 1.54) is 0 Å². The van der Waals surface area contributed by atoms with E-state index in [0.29, 0.717) is 8.87 Å². The van der Waals surface area contributed by atoms with E-state index in [-0.39, 0.29) is 1490 Å². The number of rotatable bonds is 11. The van der Waals surface area contributed by atoms with Crippen molar-refractivity contribution in [3.8, 4) is 0 Å². The Labute approximate surface area is 1590 Å². The fourth-order valence-corrected chi connectivity index (χ4v) is 281. The Morgan fingerprint density at radius 3 is 0.476 bits per heavy atom. The first-order valence-corrected chi connectivity index (χ1v) is 57.0. The van der Waals surface area contributed by atoms with Crippen LogP contribution in [0.4, 0.5) is 0 Å². The molecule has 0 aromatic carbocycles. The van der Waals surface area contributed by atoms with Crippen LogP contribution in [-0.4, -0.2) is 6.66 Å². The molecule has 0 aliphatic rings. The van der Waals surface area contributed by atoms with Crippen LogP contribution in [-0.2, 0) is 76.3 Å². The van der Waals surface area contributed by atoms with Crippen molar-refractivity contribution in [1.29, 1.82) is 0 Å². The van der Waals surface area contributed by atoms with Gasteiger partial charge >= 0.3 is 1340 Å². The molecule has 0 N–H and O–H groups in total. The maximum atomic E-state index is 3.27. The van der Waals surface area contributed by atoms with Gasteiger partial charge in [-0.2, -0.15) is 6.66 Å². The number of hydrogen-bond donors (Lipinski definition) is 0. The van der Waals surface area contributed by atoms with Crippen LogP contribution in [0.5, 0.6) is 0 Å². The van der Waals surface area contributed by atoms with E-state index in [9.17, 15) is 0 Å². The third-order valence-corrected chi connectivity index (χ3v) is 164. The van der Waals surface area contributed by atoms with Crippen molar-refractivity contribution in [2.24, 2.45) is 0 Å². The zero-order chi connectivity index (χ0) is 24.3. The standard InChI is InChI=1S/CH4P.2CH3.26K.H28P27S.5H2S/c1-2;;;;;;;;;;;;;;;;;;;;;;;;;;;;;1-17(2)24(18(3)4)15-28(16-25(19(5)6)20(7)8)27(23(13)14)26(21(9)10)22(11)12;;;;;/h2H,1H3;2*1H3;;;;;;;;;;;;;;;;;;;;;;;;;;;1-14H2;5*1H2/q3*-1;26*+1;-1;;;;;/p-5. The smallest absolute Gasteiger partial charge is 0.813 e. The molecule has 0 heterocycles. The quantitative estimate of drug-likeness (QED) is 0.0663. The van der Waals surface area contributed by atoms with Crippen LogP contribution in [0, 0.1) is 14.9 Å². The van der Waals surface area contributed by atoms with Gasteiger partial charge < -0.3 is 100 Å². The Bertz CT molecular complexity index is 540. The van der Waals surface area contributed by atoms with Crippen molar-refractivity contribution in [2.45, 2.75) is 0 Å². The van der Waals surface area contributed by atoms with Crippen molar-refractivity contribution < 1.29 is 1340 Å². The molecule has 240 valence electrons. The van der Waals surface area contributed by atoms with Gasteiger partial charge in [-0.05, 0) is 62.9 Å². The van der Waals surface area contributed by atoms with Gasteiger partial charge in [0.15, 0.2) is 0 Å².